The number of nitrogens with one attached hydrogen (secondary N) is 1. The summed E-state index contributed by atoms with van der Waals surface area (Å²) < 4.78 is 9.57. The van der Waals surface area contributed by atoms with E-state index in [4.69, 9.17) is 20.1 Å². The van der Waals surface area contributed by atoms with Crippen LogP contribution in [0.3, 0.4) is 0 Å². The Morgan fingerprint density at radius 3 is 2.65 bits per heavy atom. The molecule has 17 heavy (non-hydrogen) atoms. The molecule has 96 valence electrons. The standard InChI is InChI=1S/C8H14N4O5/c9-12-11-2-4-16-5-7(13)10-1-3-17-6-8(14)15/h1-6H2,(H,10,13)(H,14,15). The first kappa shape index (κ1) is 15.2. The van der Waals surface area contributed by atoms with Gasteiger partial charge in [0.15, 0.2) is 0 Å². The Morgan fingerprint density at radius 2 is 2.00 bits per heavy atom. The Labute approximate surface area is 97.3 Å². The second-order valence-corrected chi connectivity index (χ2v) is 2.80. The number of nitrogens with zero attached hydrogens (tertiary/aromatic N) is 3. The highest BCUT2D eigenvalue weighted by atomic mass is 16.5. The second-order valence-electron chi connectivity index (χ2n) is 2.80. The van der Waals surface area contributed by atoms with Crippen LogP contribution in [-0.2, 0) is 19.1 Å². The first-order chi connectivity index (χ1) is 8.16. The fourth-order valence-corrected chi connectivity index (χ4v) is 0.788. The number of azide groups is 1. The molecule has 0 aromatic carbocycles. The lowest BCUT2D eigenvalue weighted by Crippen LogP contribution is -2.31. The molecule has 0 fully saturated rings. The van der Waals surface area contributed by atoms with E-state index in [9.17, 15) is 9.59 Å². The van der Waals surface area contributed by atoms with Gasteiger partial charge in [0.25, 0.3) is 0 Å². The number of aliphatic carboxylic acids is 1. The summed E-state index contributed by atoms with van der Waals surface area (Å²) >= 11 is 0. The van der Waals surface area contributed by atoms with Crippen LogP contribution in [0.1, 0.15) is 0 Å². The van der Waals surface area contributed by atoms with Gasteiger partial charge in [0.1, 0.15) is 13.2 Å². The van der Waals surface area contributed by atoms with Crippen LogP contribution >= 0.6 is 0 Å². The minimum absolute atomic E-state index is 0.122. The third kappa shape index (κ3) is 12.1. The van der Waals surface area contributed by atoms with Crippen molar-refractivity contribution < 1.29 is 24.2 Å². The summed E-state index contributed by atoms with van der Waals surface area (Å²) in [6.45, 7) is 0.152. The van der Waals surface area contributed by atoms with Crippen LogP contribution in [-0.4, -0.2) is 56.5 Å². The molecule has 0 aliphatic heterocycles. The van der Waals surface area contributed by atoms with E-state index in [2.05, 4.69) is 15.3 Å². The first-order valence-corrected chi connectivity index (χ1v) is 4.81. The van der Waals surface area contributed by atoms with Crippen LogP contribution in [0.2, 0.25) is 0 Å². The second kappa shape index (κ2) is 10.7. The van der Waals surface area contributed by atoms with E-state index < -0.39 is 12.6 Å². The summed E-state index contributed by atoms with van der Waals surface area (Å²) in [7, 11) is 0. The molecular weight excluding hydrogens is 232 g/mol. The number of ether oxygens (including phenoxy) is 2. The van der Waals surface area contributed by atoms with Crippen LogP contribution in [0.15, 0.2) is 5.11 Å². The number of carboxylic acids is 1. The lowest BCUT2D eigenvalue weighted by atomic mass is 10.5. The predicted octanol–water partition coefficient (Wildman–Crippen LogP) is -0.469. The van der Waals surface area contributed by atoms with Gasteiger partial charge in [-0.05, 0) is 5.53 Å². The first-order valence-electron chi connectivity index (χ1n) is 4.81. The maximum atomic E-state index is 11.1. The van der Waals surface area contributed by atoms with Crippen molar-refractivity contribution in [2.75, 3.05) is 39.5 Å². The van der Waals surface area contributed by atoms with Gasteiger partial charge in [-0.1, -0.05) is 5.11 Å². The van der Waals surface area contributed by atoms with Gasteiger partial charge in [-0.3, -0.25) is 4.79 Å². The summed E-state index contributed by atoms with van der Waals surface area (Å²) in [6, 6.07) is 0. The molecule has 0 aliphatic rings. The monoisotopic (exact) mass is 246 g/mol. The predicted molar refractivity (Wildman–Crippen MR) is 56.3 cm³/mol. The van der Waals surface area contributed by atoms with E-state index in [1.54, 1.807) is 0 Å². The van der Waals surface area contributed by atoms with E-state index in [0.717, 1.165) is 0 Å². The zero-order valence-corrected chi connectivity index (χ0v) is 9.16. The van der Waals surface area contributed by atoms with E-state index in [0.29, 0.717) is 0 Å². The molecule has 0 radical (unpaired) electrons. The van der Waals surface area contributed by atoms with Crippen LogP contribution in [0.25, 0.3) is 10.4 Å². The summed E-state index contributed by atoms with van der Waals surface area (Å²) in [4.78, 5) is 23.6. The molecule has 0 aromatic rings. The molecule has 1 amide bonds. The molecule has 0 aromatic heterocycles. The molecule has 0 aliphatic carbocycles. The molecule has 9 nitrogen and oxygen atoms in total. The average Bonchev–Trinajstić information content (AvgIpc) is 2.28. The molecule has 0 saturated carbocycles. The lowest BCUT2D eigenvalue weighted by Gasteiger charge is -2.05. The van der Waals surface area contributed by atoms with Crippen molar-refractivity contribution in [1.29, 1.82) is 0 Å². The third-order valence-electron chi connectivity index (χ3n) is 1.43. The van der Waals surface area contributed by atoms with Crippen molar-refractivity contribution in [2.24, 2.45) is 5.11 Å². The van der Waals surface area contributed by atoms with Gasteiger partial charge in [-0.2, -0.15) is 0 Å². The quantitative estimate of drug-likeness (QED) is 0.232. The summed E-state index contributed by atoms with van der Waals surface area (Å²) in [6.07, 6.45) is 0. The van der Waals surface area contributed by atoms with Gasteiger partial charge < -0.3 is 19.9 Å². The van der Waals surface area contributed by atoms with Gasteiger partial charge in [-0.15, -0.1) is 0 Å². The van der Waals surface area contributed by atoms with E-state index >= 15 is 0 Å². The number of carbonyl (C=O) groups is 2. The highest BCUT2D eigenvalue weighted by Gasteiger charge is 2.00. The molecule has 0 rings (SSSR count). The SMILES string of the molecule is [N-]=[N+]=NCCOCC(=O)NCCOCC(=O)O. The Morgan fingerprint density at radius 1 is 1.29 bits per heavy atom. The van der Waals surface area contributed by atoms with Gasteiger partial charge >= 0.3 is 5.97 Å². The van der Waals surface area contributed by atoms with Crippen LogP contribution in [0.5, 0.6) is 0 Å². The zero-order valence-electron chi connectivity index (χ0n) is 9.16. The van der Waals surface area contributed by atoms with Crippen LogP contribution < -0.4 is 5.32 Å². The average molecular weight is 246 g/mol. The van der Waals surface area contributed by atoms with E-state index in [1.807, 2.05) is 0 Å². The Bertz CT molecular complexity index is 290. The lowest BCUT2D eigenvalue weighted by molar-refractivity contribution is -0.142. The molecule has 9 heteroatoms. The smallest absolute Gasteiger partial charge is 0.329 e. The number of hydrogen-bond acceptors (Lipinski definition) is 5. The Kier molecular flexibility index (Phi) is 9.53. The van der Waals surface area contributed by atoms with Gasteiger partial charge in [-0.25, -0.2) is 4.79 Å². The number of amides is 1. The minimum atomic E-state index is -1.06. The van der Waals surface area contributed by atoms with Crippen molar-refractivity contribution in [1.82, 2.24) is 5.32 Å². The molecule has 0 atom stereocenters. The summed E-state index contributed by atoms with van der Waals surface area (Å²) in [5.74, 6) is -1.40. The van der Waals surface area contributed by atoms with Gasteiger partial charge in [0.05, 0.1) is 13.2 Å². The molecule has 0 unspecified atom stereocenters. The maximum absolute atomic E-state index is 11.1. The molecule has 0 heterocycles. The summed E-state index contributed by atoms with van der Waals surface area (Å²) in [5.41, 5.74) is 7.95. The molecule has 0 spiro atoms. The summed E-state index contributed by atoms with van der Waals surface area (Å²) in [5, 5.41) is 13.9. The Balaban J connectivity index is 3.28. The van der Waals surface area contributed by atoms with Crippen molar-refractivity contribution >= 4 is 11.9 Å². The van der Waals surface area contributed by atoms with Crippen molar-refractivity contribution in [3.8, 4) is 0 Å². The minimum Gasteiger partial charge on any atom is -0.480 e. The highest BCUT2D eigenvalue weighted by Crippen LogP contribution is 1.79. The Hall–Kier alpha value is -1.83. The molecule has 0 saturated heterocycles. The molecular formula is C8H14N4O5. The van der Waals surface area contributed by atoms with Crippen molar-refractivity contribution in [3.05, 3.63) is 10.4 Å². The van der Waals surface area contributed by atoms with Crippen molar-refractivity contribution in [3.63, 3.8) is 0 Å². The van der Waals surface area contributed by atoms with E-state index in [-0.39, 0.29) is 38.8 Å². The number of carboxylic acid groups (broad SMARTS) is 1. The van der Waals surface area contributed by atoms with Gasteiger partial charge in [0.2, 0.25) is 5.91 Å². The zero-order chi connectivity index (χ0) is 12.9. The maximum Gasteiger partial charge on any atom is 0.329 e. The van der Waals surface area contributed by atoms with Crippen LogP contribution in [0.4, 0.5) is 0 Å². The topological polar surface area (TPSA) is 134 Å². The highest BCUT2D eigenvalue weighted by molar-refractivity contribution is 5.77. The molecule has 2 N–H and O–H groups in total. The van der Waals surface area contributed by atoms with E-state index in [1.165, 1.54) is 0 Å². The van der Waals surface area contributed by atoms with Gasteiger partial charge in [0, 0.05) is 18.0 Å². The normalized spacial score (nSPS) is 9.41. The largest absolute Gasteiger partial charge is 0.480 e. The number of rotatable bonds is 10. The number of hydrogen-bond donors (Lipinski definition) is 2. The van der Waals surface area contributed by atoms with Crippen molar-refractivity contribution in [2.45, 2.75) is 0 Å². The fourth-order valence-electron chi connectivity index (χ4n) is 0.788. The fraction of sp³-hybridized carbons (Fsp3) is 0.750. The third-order valence-corrected chi connectivity index (χ3v) is 1.43. The number of carbonyl (C=O) groups excluding carboxylic acids is 1. The molecule has 0 bridgehead atoms. The van der Waals surface area contributed by atoms with Crippen LogP contribution in [0, 0.1) is 0 Å².